The van der Waals surface area contributed by atoms with Gasteiger partial charge in [0.1, 0.15) is 34.8 Å². The monoisotopic (exact) mass is 591 g/mol. The first kappa shape index (κ1) is 27.9. The Labute approximate surface area is 244 Å². The van der Waals surface area contributed by atoms with E-state index >= 15 is 0 Å². The molecule has 2 saturated carbocycles. The number of aromatic nitrogens is 6. The molecule has 12 nitrogen and oxygen atoms in total. The van der Waals surface area contributed by atoms with Crippen LogP contribution in [0.1, 0.15) is 62.8 Å². The lowest BCUT2D eigenvalue weighted by molar-refractivity contribution is 0.291. The molecule has 4 aromatic rings. The predicted octanol–water partition coefficient (Wildman–Crippen LogP) is 4.49. The molecule has 0 aliphatic heterocycles. The highest BCUT2D eigenvalue weighted by Crippen LogP contribution is 2.40. The van der Waals surface area contributed by atoms with Gasteiger partial charge in [-0.3, -0.25) is 9.29 Å². The Morgan fingerprint density at radius 2 is 1.60 bits per heavy atom. The van der Waals surface area contributed by atoms with E-state index in [9.17, 15) is 8.42 Å². The number of rotatable bonds is 12. The van der Waals surface area contributed by atoms with Gasteiger partial charge in [0.2, 0.25) is 21.9 Å². The maximum absolute atomic E-state index is 13.8. The lowest BCUT2D eigenvalue weighted by Gasteiger charge is -2.21. The summed E-state index contributed by atoms with van der Waals surface area (Å²) in [6.45, 7) is 3.42. The van der Waals surface area contributed by atoms with E-state index in [1.165, 1.54) is 18.8 Å². The number of benzene rings is 1. The second kappa shape index (κ2) is 11.2. The van der Waals surface area contributed by atoms with E-state index in [1.54, 1.807) is 62.6 Å². The average Bonchev–Trinajstić information content (AvgIpc) is 3.95. The fourth-order valence-electron chi connectivity index (χ4n) is 4.65. The van der Waals surface area contributed by atoms with Crippen molar-refractivity contribution in [3.8, 4) is 34.6 Å². The summed E-state index contributed by atoms with van der Waals surface area (Å²) >= 11 is 0. The Hall–Kier alpha value is -4.26. The molecular formula is C29H33N7O5S. The summed E-state index contributed by atoms with van der Waals surface area (Å²) in [5, 5.41) is 7.72. The van der Waals surface area contributed by atoms with Crippen molar-refractivity contribution in [2.24, 2.45) is 0 Å². The second-order valence-electron chi connectivity index (χ2n) is 10.7. The van der Waals surface area contributed by atoms with Crippen LogP contribution in [0.5, 0.6) is 17.4 Å². The molecule has 0 saturated heterocycles. The van der Waals surface area contributed by atoms with Crippen LogP contribution < -0.4 is 18.9 Å². The maximum atomic E-state index is 13.8. The molecule has 220 valence electrons. The fraction of sp³-hybridized carbons (Fsp3) is 0.414. The minimum atomic E-state index is -4.01. The normalized spacial score (nSPS) is 16.5. The quantitative estimate of drug-likeness (QED) is 0.250. The van der Waals surface area contributed by atoms with Crippen molar-refractivity contribution in [3.63, 3.8) is 0 Å². The van der Waals surface area contributed by atoms with Gasteiger partial charge < -0.3 is 14.2 Å². The third-order valence-corrected chi connectivity index (χ3v) is 9.48. The van der Waals surface area contributed by atoms with Crippen LogP contribution in [0.15, 0.2) is 48.8 Å². The van der Waals surface area contributed by atoms with Gasteiger partial charge >= 0.3 is 0 Å². The van der Waals surface area contributed by atoms with Gasteiger partial charge in [-0.05, 0) is 62.3 Å². The number of pyridine rings is 1. The van der Waals surface area contributed by atoms with Gasteiger partial charge in [-0.2, -0.15) is 0 Å². The average molecular weight is 592 g/mol. The highest BCUT2D eigenvalue weighted by atomic mass is 32.2. The van der Waals surface area contributed by atoms with Crippen molar-refractivity contribution < 1.29 is 22.6 Å². The summed E-state index contributed by atoms with van der Waals surface area (Å²) in [6, 6.07) is 10.6. The Bertz CT molecular complexity index is 1660. The van der Waals surface area contributed by atoms with Crippen molar-refractivity contribution in [3.05, 3.63) is 60.2 Å². The number of para-hydroxylation sites is 1. The molecule has 0 unspecified atom stereocenters. The van der Waals surface area contributed by atoms with Crippen LogP contribution in [-0.2, 0) is 10.0 Å². The van der Waals surface area contributed by atoms with Crippen LogP contribution in [0, 0.1) is 0 Å². The Morgan fingerprint density at radius 3 is 2.21 bits per heavy atom. The van der Waals surface area contributed by atoms with E-state index in [0.29, 0.717) is 40.5 Å². The topological polar surface area (TPSA) is 143 Å². The van der Waals surface area contributed by atoms with E-state index in [2.05, 4.69) is 29.9 Å². The Morgan fingerprint density at radius 1 is 0.929 bits per heavy atom. The summed E-state index contributed by atoms with van der Waals surface area (Å²) in [5.74, 6) is 2.00. The first-order valence-corrected chi connectivity index (χ1v) is 15.5. The van der Waals surface area contributed by atoms with Crippen molar-refractivity contribution in [2.75, 3.05) is 18.9 Å². The summed E-state index contributed by atoms with van der Waals surface area (Å²) < 4.78 is 48.9. The van der Waals surface area contributed by atoms with E-state index < -0.39 is 21.2 Å². The van der Waals surface area contributed by atoms with Crippen molar-refractivity contribution in [1.29, 1.82) is 0 Å². The molecule has 2 aliphatic carbocycles. The molecule has 1 aromatic carbocycles. The summed E-state index contributed by atoms with van der Waals surface area (Å²) in [7, 11) is -0.968. The Balaban J connectivity index is 1.38. The van der Waals surface area contributed by atoms with Gasteiger partial charge in [-0.25, -0.2) is 23.4 Å². The molecule has 0 bridgehead atoms. The minimum absolute atomic E-state index is 0.0489. The summed E-state index contributed by atoms with van der Waals surface area (Å²) in [6.07, 6.45) is 8.00. The number of ether oxygens (including phenoxy) is 3. The molecule has 2 aliphatic rings. The van der Waals surface area contributed by atoms with Crippen molar-refractivity contribution in [2.45, 2.75) is 62.7 Å². The first-order chi connectivity index (χ1) is 20.3. The van der Waals surface area contributed by atoms with Gasteiger partial charge in [0.25, 0.3) is 0 Å². The highest BCUT2D eigenvalue weighted by Gasteiger charge is 2.33. The van der Waals surface area contributed by atoms with Gasteiger partial charge in [-0.1, -0.05) is 19.1 Å². The maximum Gasteiger partial charge on any atom is 0.243 e. The Kier molecular flexibility index (Phi) is 7.43. The van der Waals surface area contributed by atoms with E-state index in [-0.39, 0.29) is 17.9 Å². The zero-order valence-corrected chi connectivity index (χ0v) is 24.7. The molecule has 13 heteroatoms. The van der Waals surface area contributed by atoms with Crippen LogP contribution in [0.25, 0.3) is 17.2 Å². The third-order valence-electron chi connectivity index (χ3n) is 7.63. The lowest BCUT2D eigenvalue weighted by atomic mass is 10.1. The molecule has 2 fully saturated rings. The molecule has 3 heterocycles. The molecule has 6 rings (SSSR count). The number of sulfonamides is 1. The minimum Gasteiger partial charge on any atom is -0.494 e. The molecular weight excluding hydrogens is 558 g/mol. The molecule has 3 aromatic heterocycles. The number of methoxy groups -OCH3 is 2. The first-order valence-electron chi connectivity index (χ1n) is 13.9. The SMILES string of the molecule is COc1cccc(OC)c1-n1c(NS(=O)(=O)[C@@H](C)[C@H](C)c2ncc(C3CC3)cn2)nnc1-c1cccc(OC2CC2)n1. The molecule has 1 N–H and O–H groups in total. The van der Waals surface area contributed by atoms with Gasteiger partial charge in [-0.15, -0.1) is 10.2 Å². The van der Waals surface area contributed by atoms with Crippen LogP contribution in [0.3, 0.4) is 0 Å². The molecule has 2 atom stereocenters. The lowest BCUT2D eigenvalue weighted by Crippen LogP contribution is -2.31. The summed E-state index contributed by atoms with van der Waals surface area (Å²) in [4.78, 5) is 13.6. The van der Waals surface area contributed by atoms with E-state index in [1.807, 2.05) is 0 Å². The summed E-state index contributed by atoms with van der Waals surface area (Å²) in [5.41, 5.74) is 1.94. The largest absolute Gasteiger partial charge is 0.494 e. The predicted molar refractivity (Wildman–Crippen MR) is 156 cm³/mol. The molecule has 0 amide bonds. The van der Waals surface area contributed by atoms with Crippen LogP contribution in [-0.4, -0.2) is 63.7 Å². The highest BCUT2D eigenvalue weighted by molar-refractivity contribution is 7.93. The molecule has 0 radical (unpaired) electrons. The van der Waals surface area contributed by atoms with Gasteiger partial charge in [0.05, 0.1) is 19.5 Å². The van der Waals surface area contributed by atoms with Crippen LogP contribution in [0.2, 0.25) is 0 Å². The van der Waals surface area contributed by atoms with Gasteiger partial charge in [0, 0.05) is 24.4 Å². The zero-order chi connectivity index (χ0) is 29.4. The smallest absolute Gasteiger partial charge is 0.243 e. The third kappa shape index (κ3) is 5.60. The number of hydrogen-bond acceptors (Lipinski definition) is 10. The second-order valence-corrected chi connectivity index (χ2v) is 12.7. The van der Waals surface area contributed by atoms with Gasteiger partial charge in [0.15, 0.2) is 5.82 Å². The van der Waals surface area contributed by atoms with Crippen LogP contribution >= 0.6 is 0 Å². The van der Waals surface area contributed by atoms with Crippen molar-refractivity contribution >= 4 is 16.0 Å². The number of nitrogens with zero attached hydrogens (tertiary/aromatic N) is 6. The zero-order valence-electron chi connectivity index (χ0n) is 23.9. The number of hydrogen-bond donors (Lipinski definition) is 1. The number of nitrogens with one attached hydrogen (secondary N) is 1. The van der Waals surface area contributed by atoms with Crippen molar-refractivity contribution in [1.82, 2.24) is 29.7 Å². The molecule has 0 spiro atoms. The molecule has 42 heavy (non-hydrogen) atoms. The van der Waals surface area contributed by atoms with Crippen LogP contribution in [0.4, 0.5) is 5.95 Å². The number of anilines is 1. The van der Waals surface area contributed by atoms with E-state index in [4.69, 9.17) is 14.2 Å². The fourth-order valence-corrected chi connectivity index (χ4v) is 5.88. The standard InChI is InChI=1S/C29H33N7O5S/c1-17(27-30-15-20(16-31-27)19-11-12-19)18(2)42(37,38)35-29-34-33-28(22-7-5-10-25(32-22)41-21-13-14-21)36(29)26-23(39-3)8-6-9-24(26)40-4/h5-10,15-19,21H,11-14H2,1-4H3,(H,34,35)/t17-,18-/m0/s1. The van der Waals surface area contributed by atoms with E-state index in [0.717, 1.165) is 31.2 Å².